The summed E-state index contributed by atoms with van der Waals surface area (Å²) in [4.78, 5) is 15.2. The minimum atomic E-state index is 0.0532. The molecule has 4 heteroatoms. The van der Waals surface area contributed by atoms with Gasteiger partial charge in [0.2, 0.25) is 0 Å². The number of likely N-dealkylation sites (tertiary alicyclic amines) is 1. The van der Waals surface area contributed by atoms with Gasteiger partial charge in [-0.05, 0) is 18.2 Å². The fraction of sp³-hybridized carbons (Fsp3) is 0.462. The molecule has 0 spiro atoms. The summed E-state index contributed by atoms with van der Waals surface area (Å²) >= 11 is 0. The first-order valence-corrected chi connectivity index (χ1v) is 5.76. The molecule has 1 fully saturated rings. The quantitative estimate of drug-likeness (QED) is 0.777. The molecule has 1 aromatic carbocycles. The first-order valence-electron chi connectivity index (χ1n) is 5.76. The molecule has 0 bridgehead atoms. The Kier molecular flexibility index (Phi) is 3.52. The number of urea groups is 1. The average molecular weight is 233 g/mol. The molecule has 1 unspecified atom stereocenters. The van der Waals surface area contributed by atoms with Crippen LogP contribution >= 0.6 is 0 Å². The Labute approximate surface area is 102 Å². The van der Waals surface area contributed by atoms with E-state index in [1.165, 1.54) is 0 Å². The van der Waals surface area contributed by atoms with E-state index in [1.54, 1.807) is 19.0 Å². The molecule has 17 heavy (non-hydrogen) atoms. The van der Waals surface area contributed by atoms with Crippen LogP contribution in [0.1, 0.15) is 6.42 Å². The van der Waals surface area contributed by atoms with Crippen LogP contribution in [0, 0.1) is 6.07 Å². The summed E-state index contributed by atoms with van der Waals surface area (Å²) in [7, 11) is 3.53. The zero-order valence-corrected chi connectivity index (χ0v) is 10.2. The van der Waals surface area contributed by atoms with E-state index in [9.17, 15) is 4.79 Å². The monoisotopic (exact) mass is 233 g/mol. The van der Waals surface area contributed by atoms with Crippen molar-refractivity contribution in [2.75, 3.05) is 27.2 Å². The molecule has 1 saturated heterocycles. The maximum absolute atomic E-state index is 11.7. The minimum absolute atomic E-state index is 0.0532. The molecular formula is C13H17N2O2. The van der Waals surface area contributed by atoms with Crippen molar-refractivity contribution in [1.82, 2.24) is 9.80 Å². The molecule has 0 N–H and O–H groups in total. The molecule has 4 nitrogen and oxygen atoms in total. The molecule has 1 radical (unpaired) electrons. The minimum Gasteiger partial charge on any atom is -0.489 e. The van der Waals surface area contributed by atoms with Crippen LogP contribution in [0.25, 0.3) is 0 Å². The topological polar surface area (TPSA) is 32.8 Å². The Bertz CT molecular complexity index is 378. The van der Waals surface area contributed by atoms with Gasteiger partial charge in [0.1, 0.15) is 11.9 Å². The highest BCUT2D eigenvalue weighted by Crippen LogP contribution is 2.18. The number of carbonyl (C=O) groups is 1. The normalized spacial score (nSPS) is 19.2. The standard InChI is InChI=1S/C13H17N2O2/c1-14(2)13(16)15-9-8-12(10-15)17-11-6-4-3-5-7-11/h4-7,12H,8-10H2,1-2H3. The van der Waals surface area contributed by atoms with Crippen molar-refractivity contribution in [2.24, 2.45) is 0 Å². The molecule has 91 valence electrons. The van der Waals surface area contributed by atoms with E-state index in [2.05, 4.69) is 6.07 Å². The Balaban J connectivity index is 1.88. The number of carbonyl (C=O) groups excluding carboxylic acids is 1. The molecular weight excluding hydrogens is 216 g/mol. The van der Waals surface area contributed by atoms with E-state index < -0.39 is 0 Å². The van der Waals surface area contributed by atoms with E-state index in [-0.39, 0.29) is 12.1 Å². The lowest BCUT2D eigenvalue weighted by Crippen LogP contribution is -2.38. The van der Waals surface area contributed by atoms with Crippen molar-refractivity contribution in [1.29, 1.82) is 0 Å². The van der Waals surface area contributed by atoms with Crippen molar-refractivity contribution in [3.63, 3.8) is 0 Å². The summed E-state index contributed by atoms with van der Waals surface area (Å²) in [6.45, 7) is 1.43. The van der Waals surface area contributed by atoms with Crippen LogP contribution in [-0.4, -0.2) is 49.1 Å². The first-order chi connectivity index (χ1) is 8.16. The summed E-state index contributed by atoms with van der Waals surface area (Å²) in [5, 5.41) is 0. The van der Waals surface area contributed by atoms with Crippen molar-refractivity contribution >= 4 is 6.03 Å². The molecule has 0 saturated carbocycles. The molecule has 1 aliphatic rings. The molecule has 1 aromatic rings. The van der Waals surface area contributed by atoms with E-state index in [4.69, 9.17) is 4.74 Å². The van der Waals surface area contributed by atoms with Crippen molar-refractivity contribution in [3.05, 3.63) is 30.3 Å². The highest BCUT2D eigenvalue weighted by Gasteiger charge is 2.28. The first kappa shape index (κ1) is 11.8. The Morgan fingerprint density at radius 3 is 2.82 bits per heavy atom. The second-order valence-electron chi connectivity index (χ2n) is 4.39. The number of hydrogen-bond donors (Lipinski definition) is 0. The maximum Gasteiger partial charge on any atom is 0.319 e. The van der Waals surface area contributed by atoms with Crippen molar-refractivity contribution < 1.29 is 9.53 Å². The second-order valence-corrected chi connectivity index (χ2v) is 4.39. The lowest BCUT2D eigenvalue weighted by atomic mass is 10.3. The lowest BCUT2D eigenvalue weighted by Gasteiger charge is -2.21. The van der Waals surface area contributed by atoms with Gasteiger partial charge in [0.15, 0.2) is 0 Å². The third-order valence-corrected chi connectivity index (χ3v) is 2.79. The van der Waals surface area contributed by atoms with Gasteiger partial charge in [-0.1, -0.05) is 12.1 Å². The molecule has 1 atom stereocenters. The fourth-order valence-corrected chi connectivity index (χ4v) is 1.92. The lowest BCUT2D eigenvalue weighted by molar-refractivity contribution is 0.168. The molecule has 2 rings (SSSR count). The number of rotatable bonds is 2. The maximum atomic E-state index is 11.7. The van der Waals surface area contributed by atoms with Crippen molar-refractivity contribution in [2.45, 2.75) is 12.5 Å². The number of amides is 2. The zero-order chi connectivity index (χ0) is 12.3. The molecule has 1 heterocycles. The van der Waals surface area contributed by atoms with Crippen LogP contribution < -0.4 is 4.74 Å². The predicted molar refractivity (Wildman–Crippen MR) is 65.0 cm³/mol. The van der Waals surface area contributed by atoms with Crippen LogP contribution in [-0.2, 0) is 0 Å². The summed E-state index contributed by atoms with van der Waals surface area (Å²) in [5.74, 6) is 0.841. The SMILES string of the molecule is CN(C)C(=O)N1CCC(Oc2cc[c]cc2)C1. The van der Waals surface area contributed by atoms with Gasteiger partial charge in [-0.3, -0.25) is 0 Å². The van der Waals surface area contributed by atoms with Gasteiger partial charge in [0, 0.05) is 27.1 Å². The Morgan fingerprint density at radius 1 is 1.47 bits per heavy atom. The molecule has 0 aliphatic carbocycles. The van der Waals surface area contributed by atoms with Crippen LogP contribution in [0.5, 0.6) is 5.75 Å². The van der Waals surface area contributed by atoms with Gasteiger partial charge in [0.05, 0.1) is 6.54 Å². The summed E-state index contributed by atoms with van der Waals surface area (Å²) in [6.07, 6.45) is 0.986. The smallest absolute Gasteiger partial charge is 0.319 e. The van der Waals surface area contributed by atoms with E-state index >= 15 is 0 Å². The van der Waals surface area contributed by atoms with E-state index in [1.807, 2.05) is 29.2 Å². The highest BCUT2D eigenvalue weighted by atomic mass is 16.5. The van der Waals surface area contributed by atoms with Gasteiger partial charge in [-0.25, -0.2) is 4.79 Å². The number of nitrogens with zero attached hydrogens (tertiary/aromatic N) is 2. The largest absolute Gasteiger partial charge is 0.489 e. The second kappa shape index (κ2) is 5.08. The van der Waals surface area contributed by atoms with E-state index in [0.717, 1.165) is 18.7 Å². The molecule has 2 amide bonds. The molecule has 0 aromatic heterocycles. The predicted octanol–water partition coefficient (Wildman–Crippen LogP) is 1.62. The van der Waals surface area contributed by atoms with Crippen molar-refractivity contribution in [3.8, 4) is 5.75 Å². The van der Waals surface area contributed by atoms with Crippen LogP contribution in [0.4, 0.5) is 4.79 Å². The fourth-order valence-electron chi connectivity index (χ4n) is 1.92. The Hall–Kier alpha value is -1.71. The highest BCUT2D eigenvalue weighted by molar-refractivity contribution is 5.74. The number of benzene rings is 1. The van der Waals surface area contributed by atoms with Crippen LogP contribution in [0.15, 0.2) is 24.3 Å². The van der Waals surface area contributed by atoms with E-state index in [0.29, 0.717) is 6.54 Å². The zero-order valence-electron chi connectivity index (χ0n) is 10.2. The molecule has 1 aliphatic heterocycles. The summed E-state index contributed by atoms with van der Waals surface area (Å²) in [6, 6.07) is 10.4. The van der Waals surface area contributed by atoms with Gasteiger partial charge in [-0.2, -0.15) is 0 Å². The summed E-state index contributed by atoms with van der Waals surface area (Å²) < 4.78 is 5.80. The third-order valence-electron chi connectivity index (χ3n) is 2.79. The van der Waals surface area contributed by atoms with Gasteiger partial charge < -0.3 is 14.5 Å². The number of hydrogen-bond acceptors (Lipinski definition) is 2. The van der Waals surface area contributed by atoms with Gasteiger partial charge >= 0.3 is 6.03 Å². The van der Waals surface area contributed by atoms with Gasteiger partial charge in [-0.15, -0.1) is 0 Å². The third kappa shape index (κ3) is 2.90. The van der Waals surface area contributed by atoms with Gasteiger partial charge in [0.25, 0.3) is 0 Å². The van der Waals surface area contributed by atoms with Crippen LogP contribution in [0.2, 0.25) is 0 Å². The Morgan fingerprint density at radius 2 is 2.18 bits per heavy atom. The summed E-state index contributed by atoms with van der Waals surface area (Å²) in [5.41, 5.74) is 0. The number of ether oxygens (including phenoxy) is 1. The average Bonchev–Trinajstić information content (AvgIpc) is 2.77. The van der Waals surface area contributed by atoms with Crippen LogP contribution in [0.3, 0.4) is 0 Å².